The van der Waals surface area contributed by atoms with E-state index in [0.29, 0.717) is 12.8 Å². The van der Waals surface area contributed by atoms with Crippen molar-refractivity contribution in [3.05, 3.63) is 71.3 Å². The Morgan fingerprint density at radius 3 is 1.73 bits per heavy atom. The number of amides is 1. The van der Waals surface area contributed by atoms with Gasteiger partial charge in [0.25, 0.3) is 0 Å². The molecule has 0 bridgehead atoms. The maximum atomic E-state index is 13.1. The normalized spacial score (nSPS) is 10.9. The highest BCUT2D eigenvalue weighted by molar-refractivity contribution is 5.73. The molecule has 0 radical (unpaired) electrons. The van der Waals surface area contributed by atoms with E-state index in [1.807, 2.05) is 0 Å². The average molecular weight is 303 g/mol. The van der Waals surface area contributed by atoms with Gasteiger partial charge in [-0.2, -0.15) is 0 Å². The fourth-order valence-corrected chi connectivity index (χ4v) is 2.56. The highest BCUT2D eigenvalue weighted by atomic mass is 19.1. The molecule has 2 nitrogen and oxygen atoms in total. The average Bonchev–Trinajstić information content (AvgIpc) is 2.50. The van der Waals surface area contributed by atoms with Crippen LogP contribution in [0.4, 0.5) is 8.78 Å². The van der Waals surface area contributed by atoms with Crippen LogP contribution in [0.5, 0.6) is 0 Å². The van der Waals surface area contributed by atoms with Gasteiger partial charge in [0.05, 0.1) is 0 Å². The largest absolute Gasteiger partial charge is 0.370 e. The lowest BCUT2D eigenvalue weighted by atomic mass is 9.87. The fraction of sp³-hybridized carbons (Fsp3) is 0.278. The molecule has 2 rings (SSSR count). The second-order valence-corrected chi connectivity index (χ2v) is 5.37. The van der Waals surface area contributed by atoms with Crippen molar-refractivity contribution in [2.45, 2.75) is 31.6 Å². The molecule has 0 heterocycles. The van der Waals surface area contributed by atoms with Crippen LogP contribution in [0.2, 0.25) is 0 Å². The Bertz CT molecular complexity index is 562. The van der Waals surface area contributed by atoms with E-state index in [2.05, 4.69) is 0 Å². The molecule has 0 aliphatic rings. The van der Waals surface area contributed by atoms with E-state index >= 15 is 0 Å². The molecule has 0 aliphatic heterocycles. The first-order valence-corrected chi connectivity index (χ1v) is 7.35. The summed E-state index contributed by atoms with van der Waals surface area (Å²) in [6.07, 6.45) is 2.70. The van der Waals surface area contributed by atoms with Crippen LogP contribution in [0.3, 0.4) is 0 Å². The minimum absolute atomic E-state index is 0.0501. The summed E-state index contributed by atoms with van der Waals surface area (Å²) in [7, 11) is 0. The van der Waals surface area contributed by atoms with Crippen molar-refractivity contribution >= 4 is 5.91 Å². The van der Waals surface area contributed by atoms with Gasteiger partial charge in [0.2, 0.25) is 5.91 Å². The fourth-order valence-electron chi connectivity index (χ4n) is 2.56. The van der Waals surface area contributed by atoms with E-state index in [0.717, 1.165) is 24.0 Å². The third-order valence-corrected chi connectivity index (χ3v) is 3.71. The topological polar surface area (TPSA) is 43.1 Å². The number of hydrogen-bond acceptors (Lipinski definition) is 1. The second kappa shape index (κ2) is 7.69. The summed E-state index contributed by atoms with van der Waals surface area (Å²) in [4.78, 5) is 10.8. The molecule has 0 atom stereocenters. The van der Waals surface area contributed by atoms with Crippen molar-refractivity contribution in [2.24, 2.45) is 5.73 Å². The zero-order valence-electron chi connectivity index (χ0n) is 12.3. The number of rotatable bonds is 7. The van der Waals surface area contributed by atoms with Gasteiger partial charge in [-0.1, -0.05) is 30.7 Å². The summed E-state index contributed by atoms with van der Waals surface area (Å²) >= 11 is 0. The predicted molar refractivity (Wildman–Crippen MR) is 82.3 cm³/mol. The molecule has 2 N–H and O–H groups in total. The van der Waals surface area contributed by atoms with Crippen molar-refractivity contribution in [3.8, 4) is 0 Å². The van der Waals surface area contributed by atoms with Gasteiger partial charge < -0.3 is 5.73 Å². The SMILES string of the molecule is NC(=O)CCCCC(c1ccc(F)cc1)c1ccc(F)cc1. The molecule has 0 unspecified atom stereocenters. The highest BCUT2D eigenvalue weighted by Crippen LogP contribution is 2.30. The van der Waals surface area contributed by atoms with Gasteiger partial charge in [0, 0.05) is 12.3 Å². The van der Waals surface area contributed by atoms with Gasteiger partial charge in [0.1, 0.15) is 11.6 Å². The van der Waals surface area contributed by atoms with Crippen LogP contribution in [-0.2, 0) is 4.79 Å². The number of halogens is 2. The smallest absolute Gasteiger partial charge is 0.217 e. The van der Waals surface area contributed by atoms with E-state index in [9.17, 15) is 13.6 Å². The molecular formula is C18H19F2NO. The van der Waals surface area contributed by atoms with Crippen LogP contribution in [-0.4, -0.2) is 5.91 Å². The maximum Gasteiger partial charge on any atom is 0.217 e. The number of benzene rings is 2. The molecule has 0 saturated heterocycles. The number of carbonyl (C=O) groups excluding carboxylic acids is 1. The van der Waals surface area contributed by atoms with Gasteiger partial charge >= 0.3 is 0 Å². The van der Waals surface area contributed by atoms with E-state index in [-0.39, 0.29) is 23.5 Å². The van der Waals surface area contributed by atoms with Crippen molar-refractivity contribution in [3.63, 3.8) is 0 Å². The van der Waals surface area contributed by atoms with Crippen molar-refractivity contribution < 1.29 is 13.6 Å². The molecule has 1 amide bonds. The van der Waals surface area contributed by atoms with Crippen molar-refractivity contribution in [2.75, 3.05) is 0 Å². The zero-order valence-corrected chi connectivity index (χ0v) is 12.3. The first kappa shape index (κ1) is 16.1. The predicted octanol–water partition coefficient (Wildman–Crippen LogP) is 4.14. The summed E-state index contributed by atoms with van der Waals surface area (Å²) in [6.45, 7) is 0. The maximum absolute atomic E-state index is 13.1. The first-order chi connectivity index (χ1) is 10.6. The van der Waals surface area contributed by atoms with Gasteiger partial charge in [-0.3, -0.25) is 4.79 Å². The lowest BCUT2D eigenvalue weighted by Crippen LogP contribution is -2.10. The van der Waals surface area contributed by atoms with Gasteiger partial charge in [-0.05, 0) is 48.2 Å². The molecule has 0 aromatic heterocycles. The Kier molecular flexibility index (Phi) is 5.64. The molecule has 0 spiro atoms. The zero-order chi connectivity index (χ0) is 15.9. The highest BCUT2D eigenvalue weighted by Gasteiger charge is 2.14. The van der Waals surface area contributed by atoms with Crippen LogP contribution < -0.4 is 5.73 Å². The van der Waals surface area contributed by atoms with Crippen molar-refractivity contribution in [1.82, 2.24) is 0 Å². The molecule has 116 valence electrons. The minimum Gasteiger partial charge on any atom is -0.370 e. The molecule has 0 aliphatic carbocycles. The summed E-state index contributed by atoms with van der Waals surface area (Å²) in [5.41, 5.74) is 7.10. The Hall–Kier alpha value is -2.23. The van der Waals surface area contributed by atoms with E-state index in [4.69, 9.17) is 5.73 Å². The lowest BCUT2D eigenvalue weighted by Gasteiger charge is -2.18. The quantitative estimate of drug-likeness (QED) is 0.767. The Labute approximate surface area is 129 Å². The third-order valence-electron chi connectivity index (χ3n) is 3.71. The number of unbranched alkanes of at least 4 members (excludes halogenated alkanes) is 1. The summed E-state index contributed by atoms with van der Waals surface area (Å²) in [5.74, 6) is -0.820. The molecule has 2 aromatic carbocycles. The van der Waals surface area contributed by atoms with E-state index in [1.165, 1.54) is 24.3 Å². The molecule has 4 heteroatoms. The van der Waals surface area contributed by atoms with E-state index in [1.54, 1.807) is 24.3 Å². The Morgan fingerprint density at radius 2 is 1.32 bits per heavy atom. The second-order valence-electron chi connectivity index (χ2n) is 5.37. The Morgan fingerprint density at radius 1 is 0.864 bits per heavy atom. The minimum atomic E-state index is -0.305. The number of carbonyl (C=O) groups is 1. The van der Waals surface area contributed by atoms with Crippen LogP contribution in [0.25, 0.3) is 0 Å². The van der Waals surface area contributed by atoms with Gasteiger partial charge in [-0.15, -0.1) is 0 Å². The van der Waals surface area contributed by atoms with E-state index < -0.39 is 0 Å². The van der Waals surface area contributed by atoms with Crippen LogP contribution >= 0.6 is 0 Å². The van der Waals surface area contributed by atoms with Crippen LogP contribution in [0, 0.1) is 11.6 Å². The summed E-state index contributed by atoms with van der Waals surface area (Å²) in [6, 6.07) is 12.7. The van der Waals surface area contributed by atoms with Crippen molar-refractivity contribution in [1.29, 1.82) is 0 Å². The number of hydrogen-bond donors (Lipinski definition) is 1. The third kappa shape index (κ3) is 4.65. The monoisotopic (exact) mass is 303 g/mol. The van der Waals surface area contributed by atoms with Gasteiger partial charge in [-0.25, -0.2) is 8.78 Å². The van der Waals surface area contributed by atoms with Crippen LogP contribution in [0.1, 0.15) is 42.7 Å². The molecule has 0 fully saturated rings. The molecular weight excluding hydrogens is 284 g/mol. The number of primary amides is 1. The van der Waals surface area contributed by atoms with Crippen LogP contribution in [0.15, 0.2) is 48.5 Å². The first-order valence-electron chi connectivity index (χ1n) is 7.35. The summed E-state index contributed by atoms with van der Waals surface area (Å²) in [5, 5.41) is 0. The molecule has 22 heavy (non-hydrogen) atoms. The summed E-state index contributed by atoms with van der Waals surface area (Å²) < 4.78 is 26.2. The molecule has 2 aromatic rings. The van der Waals surface area contributed by atoms with Gasteiger partial charge in [0.15, 0.2) is 0 Å². The molecule has 0 saturated carbocycles. The Balaban J connectivity index is 2.14. The number of nitrogens with two attached hydrogens (primary N) is 1. The standard InChI is InChI=1S/C18H19F2NO/c19-15-9-5-13(6-10-15)17(3-1-2-4-18(21)22)14-7-11-16(20)12-8-14/h5-12,17H,1-4H2,(H2,21,22). The lowest BCUT2D eigenvalue weighted by molar-refractivity contribution is -0.118.